The Balaban J connectivity index is 1.23. The Morgan fingerprint density at radius 2 is 1.22 bits per heavy atom. The quantitative estimate of drug-likeness (QED) is 0.219. The molecule has 0 amide bonds. The van der Waals surface area contributed by atoms with Crippen molar-refractivity contribution in [1.29, 1.82) is 0 Å². The fraction of sp³-hybridized carbons (Fsp3) is 0.0270. The van der Waals surface area contributed by atoms with Crippen molar-refractivity contribution < 1.29 is 9.47 Å². The summed E-state index contributed by atoms with van der Waals surface area (Å²) in [5.74, 6) is 3.54. The third-order valence-corrected chi connectivity index (χ3v) is 8.59. The second-order valence-corrected chi connectivity index (χ2v) is 10.9. The Hall–Kier alpha value is -5.22. The number of rotatable bonds is 2. The first-order chi connectivity index (χ1) is 20.3. The van der Waals surface area contributed by atoms with E-state index >= 15 is 0 Å². The summed E-state index contributed by atoms with van der Waals surface area (Å²) in [7, 11) is 0. The van der Waals surface area contributed by atoms with E-state index in [0.29, 0.717) is 0 Å². The van der Waals surface area contributed by atoms with E-state index in [-0.39, 0.29) is 6.71 Å². The van der Waals surface area contributed by atoms with Crippen LogP contribution in [-0.2, 0) is 6.42 Å². The molecule has 41 heavy (non-hydrogen) atoms. The summed E-state index contributed by atoms with van der Waals surface area (Å²) >= 11 is 0. The average molecular weight is 525 g/mol. The Kier molecular flexibility index (Phi) is 4.76. The lowest BCUT2D eigenvalue weighted by molar-refractivity contribution is 0.464. The molecule has 0 aromatic heterocycles. The summed E-state index contributed by atoms with van der Waals surface area (Å²) in [5, 5.41) is 0. The Morgan fingerprint density at radius 1 is 0.537 bits per heavy atom. The molecular formula is C37H24BNO2. The van der Waals surface area contributed by atoms with Gasteiger partial charge in [-0.3, -0.25) is 0 Å². The topological polar surface area (TPSA) is 21.7 Å². The van der Waals surface area contributed by atoms with Gasteiger partial charge in [-0.2, -0.15) is 0 Å². The van der Waals surface area contributed by atoms with E-state index in [1.165, 1.54) is 39.0 Å². The van der Waals surface area contributed by atoms with E-state index < -0.39 is 0 Å². The van der Waals surface area contributed by atoms with Crippen molar-refractivity contribution in [2.45, 2.75) is 6.42 Å². The fourth-order valence-electron chi connectivity index (χ4n) is 6.82. The molecule has 0 atom stereocenters. The average Bonchev–Trinajstić information content (AvgIpc) is 3.03. The van der Waals surface area contributed by atoms with Crippen molar-refractivity contribution in [3.05, 3.63) is 145 Å². The van der Waals surface area contributed by atoms with Crippen molar-refractivity contribution in [2.75, 3.05) is 4.90 Å². The van der Waals surface area contributed by atoms with Crippen LogP contribution in [0.2, 0.25) is 0 Å². The Bertz CT molecular complexity index is 2000. The zero-order chi connectivity index (χ0) is 26.9. The van der Waals surface area contributed by atoms with Crippen LogP contribution in [0.5, 0.6) is 23.0 Å². The van der Waals surface area contributed by atoms with Gasteiger partial charge in [-0.25, -0.2) is 0 Å². The molecule has 3 heterocycles. The van der Waals surface area contributed by atoms with Gasteiger partial charge in [-0.05, 0) is 70.1 Å². The van der Waals surface area contributed by atoms with Crippen LogP contribution in [-0.4, -0.2) is 6.71 Å². The zero-order valence-corrected chi connectivity index (χ0v) is 22.2. The largest absolute Gasteiger partial charge is 0.458 e. The first kappa shape index (κ1) is 22.6. The van der Waals surface area contributed by atoms with Crippen molar-refractivity contribution >= 4 is 40.2 Å². The fourth-order valence-corrected chi connectivity index (χ4v) is 6.82. The predicted molar refractivity (Wildman–Crippen MR) is 167 cm³/mol. The molecular weight excluding hydrogens is 501 g/mol. The Labute approximate surface area is 239 Å². The van der Waals surface area contributed by atoms with E-state index in [9.17, 15) is 0 Å². The molecule has 6 aromatic rings. The molecule has 3 aliphatic rings. The standard InChI is InChI=1S/C37H24BNO2/c1-2-12-27(13-3-1)39-31-16-6-4-10-25(31)22-26-11-8-14-28(37(26)39)24-20-21-30-35(23-24)41-34-19-9-18-33-36(34)38(30)29-15-5-7-17-32(29)40-33/h1-21,23H,22H2. The molecule has 0 aliphatic carbocycles. The first-order valence-corrected chi connectivity index (χ1v) is 14.1. The van der Waals surface area contributed by atoms with Crippen LogP contribution < -0.4 is 30.8 Å². The number of para-hydroxylation sites is 4. The highest BCUT2D eigenvalue weighted by Gasteiger charge is 2.40. The minimum absolute atomic E-state index is 0.0707. The van der Waals surface area contributed by atoms with Gasteiger partial charge >= 0.3 is 0 Å². The van der Waals surface area contributed by atoms with Crippen LogP contribution >= 0.6 is 0 Å². The second-order valence-electron chi connectivity index (χ2n) is 10.9. The number of nitrogens with zero attached hydrogens (tertiary/aromatic N) is 1. The maximum absolute atomic E-state index is 6.62. The molecule has 0 fully saturated rings. The van der Waals surface area contributed by atoms with Gasteiger partial charge in [0.2, 0.25) is 0 Å². The molecule has 0 unspecified atom stereocenters. The van der Waals surface area contributed by atoms with Crippen LogP contribution in [0.1, 0.15) is 11.1 Å². The van der Waals surface area contributed by atoms with E-state index in [1.54, 1.807) is 0 Å². The van der Waals surface area contributed by atoms with Crippen LogP contribution in [0, 0.1) is 0 Å². The number of anilines is 3. The maximum atomic E-state index is 6.62. The monoisotopic (exact) mass is 525 g/mol. The molecule has 0 bridgehead atoms. The molecule has 6 aromatic carbocycles. The molecule has 0 radical (unpaired) electrons. The van der Waals surface area contributed by atoms with Gasteiger partial charge in [0.05, 0.1) is 5.69 Å². The van der Waals surface area contributed by atoms with Crippen LogP contribution in [0.15, 0.2) is 133 Å². The van der Waals surface area contributed by atoms with Gasteiger partial charge in [0.25, 0.3) is 6.71 Å². The van der Waals surface area contributed by atoms with E-state index in [2.05, 4.69) is 120 Å². The predicted octanol–water partition coefficient (Wildman–Crippen LogP) is 7.46. The van der Waals surface area contributed by atoms with Gasteiger partial charge in [0.1, 0.15) is 23.0 Å². The molecule has 9 rings (SSSR count). The maximum Gasteiger partial charge on any atom is 0.260 e. The minimum atomic E-state index is 0.0707. The van der Waals surface area contributed by atoms with Crippen LogP contribution in [0.4, 0.5) is 17.1 Å². The van der Waals surface area contributed by atoms with Gasteiger partial charge in [0, 0.05) is 28.8 Å². The number of hydrogen-bond acceptors (Lipinski definition) is 3. The van der Waals surface area contributed by atoms with Crippen LogP contribution in [0.25, 0.3) is 11.1 Å². The third kappa shape index (κ3) is 3.34. The minimum Gasteiger partial charge on any atom is -0.458 e. The number of hydrogen-bond donors (Lipinski definition) is 0. The number of fused-ring (bicyclic) bond motifs is 6. The summed E-state index contributed by atoms with van der Waals surface area (Å²) in [6, 6.07) is 47.3. The molecule has 3 aliphatic heterocycles. The van der Waals surface area contributed by atoms with E-state index in [1.807, 2.05) is 18.2 Å². The number of ether oxygens (including phenoxy) is 2. The summed E-state index contributed by atoms with van der Waals surface area (Å²) in [6.45, 7) is 0.0707. The van der Waals surface area contributed by atoms with E-state index in [0.717, 1.165) is 46.1 Å². The van der Waals surface area contributed by atoms with Gasteiger partial charge in [0.15, 0.2) is 0 Å². The van der Waals surface area contributed by atoms with Crippen molar-refractivity contribution in [3.8, 4) is 34.1 Å². The lowest BCUT2D eigenvalue weighted by atomic mass is 9.35. The molecule has 3 nitrogen and oxygen atoms in total. The second kappa shape index (κ2) is 8.64. The Morgan fingerprint density at radius 3 is 2.12 bits per heavy atom. The molecule has 0 spiro atoms. The SMILES string of the molecule is c1ccc(N2c3ccccc3Cc3cccc(-c4ccc5c(c4)Oc4cccc6c4B5c4ccccc4O6)c32)cc1. The van der Waals surface area contributed by atoms with Gasteiger partial charge in [-0.15, -0.1) is 0 Å². The highest BCUT2D eigenvalue weighted by atomic mass is 16.5. The molecule has 0 N–H and O–H groups in total. The highest BCUT2D eigenvalue weighted by molar-refractivity contribution is 6.98. The summed E-state index contributed by atoms with van der Waals surface area (Å²) in [6.07, 6.45) is 0.902. The molecule has 4 heteroatoms. The summed E-state index contributed by atoms with van der Waals surface area (Å²) < 4.78 is 12.9. The smallest absolute Gasteiger partial charge is 0.260 e. The summed E-state index contributed by atoms with van der Waals surface area (Å²) in [4.78, 5) is 2.42. The zero-order valence-electron chi connectivity index (χ0n) is 22.2. The highest BCUT2D eigenvalue weighted by Crippen LogP contribution is 2.48. The van der Waals surface area contributed by atoms with Crippen molar-refractivity contribution in [3.63, 3.8) is 0 Å². The van der Waals surface area contributed by atoms with Gasteiger partial charge < -0.3 is 14.4 Å². The normalized spacial score (nSPS) is 13.6. The number of benzene rings is 6. The van der Waals surface area contributed by atoms with Crippen LogP contribution in [0.3, 0.4) is 0 Å². The first-order valence-electron chi connectivity index (χ1n) is 14.1. The van der Waals surface area contributed by atoms with Gasteiger partial charge in [-0.1, -0.05) is 91.0 Å². The molecule has 192 valence electrons. The van der Waals surface area contributed by atoms with Crippen molar-refractivity contribution in [1.82, 2.24) is 0 Å². The van der Waals surface area contributed by atoms with Crippen molar-refractivity contribution in [2.24, 2.45) is 0 Å². The lowest BCUT2D eigenvalue weighted by Crippen LogP contribution is -2.57. The lowest BCUT2D eigenvalue weighted by Gasteiger charge is -2.36. The van der Waals surface area contributed by atoms with E-state index in [4.69, 9.17) is 9.47 Å². The molecule has 0 saturated carbocycles. The summed E-state index contributed by atoms with van der Waals surface area (Å²) in [5.41, 5.74) is 12.0. The third-order valence-electron chi connectivity index (χ3n) is 8.59. The molecule has 0 saturated heterocycles.